The average Bonchev–Trinajstić information content (AvgIpc) is 2.41. The monoisotopic (exact) mass is 279 g/mol. The van der Waals surface area contributed by atoms with Crippen molar-refractivity contribution >= 4 is 5.69 Å². The summed E-state index contributed by atoms with van der Waals surface area (Å²) in [6.07, 6.45) is 0. The molecule has 1 saturated heterocycles. The minimum Gasteiger partial charge on any atom is -0.368 e. The van der Waals surface area contributed by atoms with Gasteiger partial charge in [0.1, 0.15) is 5.82 Å². The Morgan fingerprint density at radius 1 is 1.40 bits per heavy atom. The van der Waals surface area contributed by atoms with Crippen molar-refractivity contribution in [3.63, 3.8) is 0 Å². The van der Waals surface area contributed by atoms with Crippen molar-refractivity contribution in [2.24, 2.45) is 5.73 Å². The fourth-order valence-corrected chi connectivity index (χ4v) is 3.00. The zero-order valence-corrected chi connectivity index (χ0v) is 13.0. The number of hydrogen-bond donors (Lipinski definition) is 1. The van der Waals surface area contributed by atoms with Gasteiger partial charge in [0.05, 0.1) is 0 Å². The molecule has 0 aromatic heterocycles. The lowest BCUT2D eigenvalue weighted by Crippen LogP contribution is -2.52. The average molecular weight is 279 g/mol. The first-order chi connectivity index (χ1) is 9.43. The summed E-state index contributed by atoms with van der Waals surface area (Å²) in [5.74, 6) is -0.165. The van der Waals surface area contributed by atoms with E-state index in [-0.39, 0.29) is 11.9 Å². The van der Waals surface area contributed by atoms with Gasteiger partial charge in [0.25, 0.3) is 0 Å². The molecule has 1 aliphatic rings. The second-order valence-electron chi connectivity index (χ2n) is 5.87. The Morgan fingerprint density at radius 3 is 2.65 bits per heavy atom. The van der Waals surface area contributed by atoms with Gasteiger partial charge in [-0.1, -0.05) is 6.92 Å². The number of nitrogens with zero attached hydrogens (tertiary/aromatic N) is 2. The molecule has 1 aromatic carbocycles. The Kier molecular flexibility index (Phi) is 4.66. The predicted molar refractivity (Wildman–Crippen MR) is 82.7 cm³/mol. The third-order valence-electron chi connectivity index (χ3n) is 4.31. The zero-order chi connectivity index (χ0) is 14.9. The lowest BCUT2D eigenvalue weighted by atomic mass is 10.0. The maximum atomic E-state index is 13.8. The van der Waals surface area contributed by atoms with E-state index in [4.69, 9.17) is 5.73 Å². The summed E-state index contributed by atoms with van der Waals surface area (Å²) in [4.78, 5) is 4.82. The van der Waals surface area contributed by atoms with Gasteiger partial charge in [0.15, 0.2) is 0 Å². The molecule has 4 heteroatoms. The van der Waals surface area contributed by atoms with E-state index < -0.39 is 0 Å². The molecular formula is C16H26FN3. The van der Waals surface area contributed by atoms with Crippen LogP contribution in [0.15, 0.2) is 12.1 Å². The molecule has 1 heterocycles. The number of benzene rings is 1. The maximum absolute atomic E-state index is 13.8. The van der Waals surface area contributed by atoms with Gasteiger partial charge < -0.3 is 10.6 Å². The van der Waals surface area contributed by atoms with Crippen molar-refractivity contribution in [3.05, 3.63) is 29.1 Å². The number of rotatable bonds is 3. The number of anilines is 1. The standard InChI is InChI=1S/C16H26FN3/c1-5-19-6-7-20(10-12(19)3)16-8-11(2)15(17)9-14(16)13(4)18/h8-9,12-13H,5-7,10,18H2,1-4H3/t12?,13-/m1/s1. The summed E-state index contributed by atoms with van der Waals surface area (Å²) in [7, 11) is 0. The highest BCUT2D eigenvalue weighted by Crippen LogP contribution is 2.30. The van der Waals surface area contributed by atoms with E-state index in [9.17, 15) is 4.39 Å². The summed E-state index contributed by atoms with van der Waals surface area (Å²) in [5, 5.41) is 0. The summed E-state index contributed by atoms with van der Waals surface area (Å²) < 4.78 is 13.8. The van der Waals surface area contributed by atoms with Crippen LogP contribution in [-0.2, 0) is 0 Å². The first-order valence-electron chi connectivity index (χ1n) is 7.48. The summed E-state index contributed by atoms with van der Waals surface area (Å²) in [5.41, 5.74) is 8.72. The summed E-state index contributed by atoms with van der Waals surface area (Å²) in [6.45, 7) is 12.2. The smallest absolute Gasteiger partial charge is 0.126 e. The third kappa shape index (κ3) is 2.96. The van der Waals surface area contributed by atoms with Crippen molar-refractivity contribution in [3.8, 4) is 0 Å². The second kappa shape index (κ2) is 6.10. The predicted octanol–water partition coefficient (Wildman–Crippen LogP) is 2.68. The van der Waals surface area contributed by atoms with Crippen molar-refractivity contribution in [2.75, 3.05) is 31.1 Å². The van der Waals surface area contributed by atoms with E-state index in [1.165, 1.54) is 0 Å². The number of aryl methyl sites for hydroxylation is 1. The summed E-state index contributed by atoms with van der Waals surface area (Å²) >= 11 is 0. The Morgan fingerprint density at radius 2 is 2.10 bits per heavy atom. The van der Waals surface area contributed by atoms with E-state index >= 15 is 0 Å². The molecule has 0 spiro atoms. The highest BCUT2D eigenvalue weighted by Gasteiger charge is 2.25. The van der Waals surface area contributed by atoms with Crippen LogP contribution in [0, 0.1) is 12.7 Å². The largest absolute Gasteiger partial charge is 0.368 e. The Labute approximate surface area is 121 Å². The van der Waals surface area contributed by atoms with Crippen molar-refractivity contribution in [2.45, 2.75) is 39.8 Å². The summed E-state index contributed by atoms with van der Waals surface area (Å²) in [6, 6.07) is 3.91. The topological polar surface area (TPSA) is 32.5 Å². The van der Waals surface area contributed by atoms with Crippen LogP contribution < -0.4 is 10.6 Å². The van der Waals surface area contributed by atoms with Crippen LogP contribution in [0.3, 0.4) is 0 Å². The first kappa shape index (κ1) is 15.3. The van der Waals surface area contributed by atoms with E-state index in [1.54, 1.807) is 6.07 Å². The first-order valence-corrected chi connectivity index (χ1v) is 7.48. The van der Waals surface area contributed by atoms with Crippen molar-refractivity contribution < 1.29 is 4.39 Å². The van der Waals surface area contributed by atoms with Crippen LogP contribution in [-0.4, -0.2) is 37.1 Å². The molecule has 0 amide bonds. The molecule has 20 heavy (non-hydrogen) atoms. The van der Waals surface area contributed by atoms with Crippen molar-refractivity contribution in [1.29, 1.82) is 0 Å². The van der Waals surface area contributed by atoms with Gasteiger partial charge in [-0.15, -0.1) is 0 Å². The molecular weight excluding hydrogens is 253 g/mol. The lowest BCUT2D eigenvalue weighted by molar-refractivity contribution is 0.199. The van der Waals surface area contributed by atoms with Crippen LogP contribution in [0.2, 0.25) is 0 Å². The van der Waals surface area contributed by atoms with Gasteiger partial charge in [-0.3, -0.25) is 4.90 Å². The molecule has 0 bridgehead atoms. The number of hydrogen-bond acceptors (Lipinski definition) is 3. The Hall–Kier alpha value is -1.13. The minimum absolute atomic E-state index is 0.153. The minimum atomic E-state index is -0.165. The Bertz CT molecular complexity index is 473. The van der Waals surface area contributed by atoms with E-state index in [2.05, 4.69) is 23.6 Å². The fraction of sp³-hybridized carbons (Fsp3) is 0.625. The van der Waals surface area contributed by atoms with Gasteiger partial charge in [0.2, 0.25) is 0 Å². The van der Waals surface area contributed by atoms with Gasteiger partial charge in [0, 0.05) is 37.4 Å². The van der Waals surface area contributed by atoms with Crippen LogP contribution in [0.5, 0.6) is 0 Å². The molecule has 3 nitrogen and oxygen atoms in total. The van der Waals surface area contributed by atoms with E-state index in [1.807, 2.05) is 19.9 Å². The highest BCUT2D eigenvalue weighted by atomic mass is 19.1. The molecule has 112 valence electrons. The van der Waals surface area contributed by atoms with E-state index in [0.717, 1.165) is 37.4 Å². The van der Waals surface area contributed by atoms with Gasteiger partial charge in [-0.2, -0.15) is 0 Å². The molecule has 1 unspecified atom stereocenters. The molecule has 1 fully saturated rings. The molecule has 0 saturated carbocycles. The fourth-order valence-electron chi connectivity index (χ4n) is 3.00. The number of nitrogens with two attached hydrogens (primary N) is 1. The van der Waals surface area contributed by atoms with Crippen LogP contribution >= 0.6 is 0 Å². The van der Waals surface area contributed by atoms with Crippen LogP contribution in [0.25, 0.3) is 0 Å². The maximum Gasteiger partial charge on any atom is 0.126 e. The van der Waals surface area contributed by atoms with Gasteiger partial charge in [-0.25, -0.2) is 4.39 Å². The molecule has 0 aliphatic carbocycles. The van der Waals surface area contributed by atoms with Gasteiger partial charge in [-0.05, 0) is 50.6 Å². The number of likely N-dealkylation sites (N-methyl/N-ethyl adjacent to an activating group) is 1. The van der Waals surface area contributed by atoms with E-state index in [0.29, 0.717) is 11.6 Å². The molecule has 2 atom stereocenters. The Balaban J connectivity index is 2.31. The van der Waals surface area contributed by atoms with Crippen molar-refractivity contribution in [1.82, 2.24) is 4.90 Å². The van der Waals surface area contributed by atoms with Crippen LogP contribution in [0.4, 0.5) is 10.1 Å². The number of halogens is 1. The third-order valence-corrected chi connectivity index (χ3v) is 4.31. The SMILES string of the molecule is CCN1CCN(c2cc(C)c(F)cc2[C@@H](C)N)CC1C. The normalized spacial score (nSPS) is 22.1. The molecule has 2 rings (SSSR count). The lowest BCUT2D eigenvalue weighted by Gasteiger charge is -2.41. The van der Waals surface area contributed by atoms with Gasteiger partial charge >= 0.3 is 0 Å². The highest BCUT2D eigenvalue weighted by molar-refractivity contribution is 5.57. The molecule has 1 aromatic rings. The molecule has 0 radical (unpaired) electrons. The second-order valence-corrected chi connectivity index (χ2v) is 5.87. The zero-order valence-electron chi connectivity index (χ0n) is 13.0. The quantitative estimate of drug-likeness (QED) is 0.923. The molecule has 1 aliphatic heterocycles. The molecule has 2 N–H and O–H groups in total. The number of piperazine rings is 1. The van der Waals surface area contributed by atoms with Crippen LogP contribution in [0.1, 0.15) is 37.9 Å².